The minimum Gasteiger partial charge on any atom is -0.340 e. The maximum atomic E-state index is 12.4. The molecule has 0 aromatic rings. The van der Waals surface area contributed by atoms with Crippen molar-refractivity contribution in [2.45, 2.75) is 33.6 Å². The Morgan fingerprint density at radius 1 is 0.917 bits per heavy atom. The van der Waals surface area contributed by atoms with Crippen molar-refractivity contribution in [3.63, 3.8) is 0 Å². The fourth-order valence-electron chi connectivity index (χ4n) is 4.00. The average Bonchev–Trinajstić information content (AvgIpc) is 2.58. The fraction of sp³-hybridized carbons (Fsp3) is 0.947. The number of carbonyl (C=O) groups is 1. The lowest BCUT2D eigenvalue weighted by molar-refractivity contribution is -0.142. The molecule has 3 aliphatic rings. The molecule has 0 radical (unpaired) electrons. The molecule has 5 heteroatoms. The Labute approximate surface area is 148 Å². The Hall–Kier alpha value is -0.650. The van der Waals surface area contributed by atoms with E-state index < -0.39 is 0 Å². The molecule has 5 nitrogen and oxygen atoms in total. The maximum absolute atomic E-state index is 12.4. The van der Waals surface area contributed by atoms with E-state index in [-0.39, 0.29) is 5.92 Å². The highest BCUT2D eigenvalue weighted by Crippen LogP contribution is 2.20. The molecule has 0 spiro atoms. The summed E-state index contributed by atoms with van der Waals surface area (Å²) in [6.07, 6.45) is 2.68. The predicted molar refractivity (Wildman–Crippen MR) is 100 cm³/mol. The third-order valence-electron chi connectivity index (χ3n) is 5.79. The van der Waals surface area contributed by atoms with Gasteiger partial charge in [-0.15, -0.1) is 0 Å². The molecule has 24 heavy (non-hydrogen) atoms. The lowest BCUT2D eigenvalue weighted by atomic mass is 9.96. The summed E-state index contributed by atoms with van der Waals surface area (Å²) < 4.78 is 0. The molecule has 3 fully saturated rings. The molecule has 0 unspecified atom stereocenters. The molecule has 0 aromatic heterocycles. The van der Waals surface area contributed by atoms with Crippen LogP contribution in [0.5, 0.6) is 0 Å². The third kappa shape index (κ3) is 5.17. The lowest BCUT2D eigenvalue weighted by Crippen LogP contribution is -2.58. The molecule has 140 valence electrons. The van der Waals surface area contributed by atoms with Crippen LogP contribution in [-0.2, 0) is 4.79 Å². The molecular formula is C19H38N4O. The quantitative estimate of drug-likeness (QED) is 0.776. The van der Waals surface area contributed by atoms with E-state index in [1.54, 1.807) is 0 Å². The Balaban J connectivity index is 0.00000100. The second-order valence-corrected chi connectivity index (χ2v) is 7.42. The van der Waals surface area contributed by atoms with E-state index in [9.17, 15) is 4.79 Å². The second kappa shape index (κ2) is 9.73. The number of rotatable bonds is 4. The molecule has 0 bridgehead atoms. The van der Waals surface area contributed by atoms with Gasteiger partial charge in [0.25, 0.3) is 0 Å². The van der Waals surface area contributed by atoms with Crippen LogP contribution in [0.4, 0.5) is 0 Å². The van der Waals surface area contributed by atoms with Gasteiger partial charge in [-0.2, -0.15) is 0 Å². The average molecular weight is 339 g/mol. The van der Waals surface area contributed by atoms with Gasteiger partial charge < -0.3 is 14.7 Å². The van der Waals surface area contributed by atoms with Crippen molar-refractivity contribution in [1.29, 1.82) is 0 Å². The molecule has 3 saturated heterocycles. The molecule has 3 rings (SSSR count). The number of carbonyl (C=O) groups excluding carboxylic acids is 1. The SMILES string of the molecule is CC.CCN1CC(C(=O)N2CCN(CC3CCN(C)CC3)CC2)C1. The topological polar surface area (TPSA) is 30.0 Å². The van der Waals surface area contributed by atoms with Crippen LogP contribution >= 0.6 is 0 Å². The van der Waals surface area contributed by atoms with Crippen LogP contribution in [0.25, 0.3) is 0 Å². The van der Waals surface area contributed by atoms with Crippen molar-refractivity contribution in [1.82, 2.24) is 19.6 Å². The summed E-state index contributed by atoms with van der Waals surface area (Å²) in [5.74, 6) is 1.55. The van der Waals surface area contributed by atoms with E-state index in [1.807, 2.05) is 13.8 Å². The zero-order valence-corrected chi connectivity index (χ0v) is 16.3. The van der Waals surface area contributed by atoms with E-state index in [4.69, 9.17) is 0 Å². The molecule has 0 saturated carbocycles. The van der Waals surface area contributed by atoms with Gasteiger partial charge in [-0.25, -0.2) is 0 Å². The van der Waals surface area contributed by atoms with Crippen molar-refractivity contribution in [2.24, 2.45) is 11.8 Å². The van der Waals surface area contributed by atoms with Gasteiger partial charge in [0.15, 0.2) is 0 Å². The monoisotopic (exact) mass is 338 g/mol. The maximum Gasteiger partial charge on any atom is 0.228 e. The smallest absolute Gasteiger partial charge is 0.228 e. The highest BCUT2D eigenvalue weighted by atomic mass is 16.2. The lowest BCUT2D eigenvalue weighted by Gasteiger charge is -2.43. The Morgan fingerprint density at radius 3 is 2.04 bits per heavy atom. The van der Waals surface area contributed by atoms with Crippen LogP contribution in [-0.4, -0.2) is 98.0 Å². The highest BCUT2D eigenvalue weighted by molar-refractivity contribution is 5.80. The van der Waals surface area contributed by atoms with Gasteiger partial charge >= 0.3 is 0 Å². The first-order valence-corrected chi connectivity index (χ1v) is 10.1. The first kappa shape index (κ1) is 19.7. The predicted octanol–water partition coefficient (Wildman–Crippen LogP) is 1.45. The summed E-state index contributed by atoms with van der Waals surface area (Å²) in [7, 11) is 2.22. The molecule has 1 amide bonds. The molecule has 0 aliphatic carbocycles. The normalized spacial score (nSPS) is 25.1. The highest BCUT2D eigenvalue weighted by Gasteiger charge is 2.35. The van der Waals surface area contributed by atoms with Crippen LogP contribution in [0, 0.1) is 11.8 Å². The zero-order chi connectivity index (χ0) is 17.5. The number of likely N-dealkylation sites (tertiary alicyclic amines) is 2. The van der Waals surface area contributed by atoms with E-state index in [1.165, 1.54) is 32.5 Å². The summed E-state index contributed by atoms with van der Waals surface area (Å²) in [4.78, 5) is 21.9. The van der Waals surface area contributed by atoms with Gasteiger partial charge in [-0.05, 0) is 45.4 Å². The summed E-state index contributed by atoms with van der Waals surface area (Å²) in [5.41, 5.74) is 0. The van der Waals surface area contributed by atoms with Crippen LogP contribution in [0.3, 0.4) is 0 Å². The Kier molecular flexibility index (Phi) is 7.98. The van der Waals surface area contributed by atoms with E-state index in [0.717, 1.165) is 51.7 Å². The van der Waals surface area contributed by atoms with Gasteiger partial charge in [0.2, 0.25) is 5.91 Å². The number of nitrogens with zero attached hydrogens (tertiary/aromatic N) is 4. The Bertz CT molecular complexity index is 368. The van der Waals surface area contributed by atoms with Crippen LogP contribution in [0.1, 0.15) is 33.6 Å². The zero-order valence-electron chi connectivity index (χ0n) is 16.3. The van der Waals surface area contributed by atoms with Crippen molar-refractivity contribution < 1.29 is 4.79 Å². The van der Waals surface area contributed by atoms with E-state index >= 15 is 0 Å². The first-order chi connectivity index (χ1) is 11.7. The number of hydrogen-bond acceptors (Lipinski definition) is 4. The fourth-order valence-corrected chi connectivity index (χ4v) is 4.00. The minimum absolute atomic E-state index is 0.278. The third-order valence-corrected chi connectivity index (χ3v) is 5.79. The standard InChI is InChI=1S/C17H32N4O.C2H6/c1-3-19-13-16(14-19)17(22)21-10-8-20(9-11-21)12-15-4-6-18(2)7-5-15;1-2/h15-16H,3-14H2,1-2H3;1-2H3. The number of hydrogen-bond donors (Lipinski definition) is 0. The number of amides is 1. The second-order valence-electron chi connectivity index (χ2n) is 7.42. The molecular weight excluding hydrogens is 300 g/mol. The number of piperidine rings is 1. The van der Waals surface area contributed by atoms with Gasteiger partial charge in [0.05, 0.1) is 5.92 Å². The van der Waals surface area contributed by atoms with Crippen molar-refractivity contribution in [3.8, 4) is 0 Å². The van der Waals surface area contributed by atoms with Gasteiger partial charge in [0.1, 0.15) is 0 Å². The number of piperazine rings is 1. The molecule has 3 aliphatic heterocycles. The molecule has 0 atom stereocenters. The van der Waals surface area contributed by atoms with Gasteiger partial charge in [-0.3, -0.25) is 9.69 Å². The first-order valence-electron chi connectivity index (χ1n) is 10.1. The Morgan fingerprint density at radius 2 is 1.50 bits per heavy atom. The van der Waals surface area contributed by atoms with Crippen molar-refractivity contribution >= 4 is 5.91 Å². The summed E-state index contributed by atoms with van der Waals surface area (Å²) >= 11 is 0. The van der Waals surface area contributed by atoms with Crippen LogP contribution in [0.15, 0.2) is 0 Å². The largest absolute Gasteiger partial charge is 0.340 e. The van der Waals surface area contributed by atoms with Crippen LogP contribution < -0.4 is 0 Å². The summed E-state index contributed by atoms with van der Waals surface area (Å²) in [6, 6.07) is 0. The molecule has 3 heterocycles. The van der Waals surface area contributed by atoms with E-state index in [0.29, 0.717) is 5.91 Å². The summed E-state index contributed by atoms with van der Waals surface area (Å²) in [6.45, 7) is 17.0. The van der Waals surface area contributed by atoms with E-state index in [2.05, 4.69) is 33.6 Å². The minimum atomic E-state index is 0.278. The molecule has 0 N–H and O–H groups in total. The summed E-state index contributed by atoms with van der Waals surface area (Å²) in [5, 5.41) is 0. The molecule has 0 aromatic carbocycles. The van der Waals surface area contributed by atoms with Crippen LogP contribution in [0.2, 0.25) is 0 Å². The van der Waals surface area contributed by atoms with Crippen molar-refractivity contribution in [3.05, 3.63) is 0 Å². The van der Waals surface area contributed by atoms with Crippen molar-refractivity contribution in [2.75, 3.05) is 72.5 Å². The van der Waals surface area contributed by atoms with Gasteiger partial charge in [0, 0.05) is 45.8 Å². The van der Waals surface area contributed by atoms with Gasteiger partial charge in [-0.1, -0.05) is 20.8 Å².